The summed E-state index contributed by atoms with van der Waals surface area (Å²) in [7, 11) is 0. The quantitative estimate of drug-likeness (QED) is 0.482. The monoisotopic (exact) mass is 248 g/mol. The van der Waals surface area contributed by atoms with E-state index in [4.69, 9.17) is 0 Å². The summed E-state index contributed by atoms with van der Waals surface area (Å²) in [5.74, 6) is 0. The highest BCUT2D eigenvalue weighted by Gasteiger charge is 1.92. The molecule has 18 heavy (non-hydrogen) atoms. The zero-order valence-corrected chi connectivity index (χ0v) is 11.5. The van der Waals surface area contributed by atoms with Gasteiger partial charge in [0, 0.05) is 0 Å². The topological polar surface area (TPSA) is 0 Å². The van der Waals surface area contributed by atoms with Gasteiger partial charge in [-0.05, 0) is 24.6 Å². The minimum absolute atomic E-state index is 0. The molecule has 0 aromatic heterocycles. The molecule has 2 rings (SSSR count). The summed E-state index contributed by atoms with van der Waals surface area (Å²) in [5.41, 5.74) is 2.65. The molecule has 0 aliphatic rings. The average molecular weight is 248 g/mol. The summed E-state index contributed by atoms with van der Waals surface area (Å²) in [4.78, 5) is 0. The standard InChI is InChI=1S/C12H12.2C2H6.2CH4/c1-9-3-5-12-8-10(2)4-6-11(12)7-9;2*1-2;;/h3-8H,1-2H3;2*1-2H3;2*1H4. The fourth-order valence-electron chi connectivity index (χ4n) is 1.48. The van der Waals surface area contributed by atoms with Crippen LogP contribution in [0.4, 0.5) is 0 Å². The van der Waals surface area contributed by atoms with Crippen molar-refractivity contribution in [1.29, 1.82) is 0 Å². The molecule has 0 radical (unpaired) electrons. The first-order valence-electron chi connectivity index (χ1n) is 6.23. The lowest BCUT2D eigenvalue weighted by Gasteiger charge is -1.99. The van der Waals surface area contributed by atoms with Crippen molar-refractivity contribution in [3.8, 4) is 0 Å². The predicted molar refractivity (Wildman–Crippen MR) is 89.6 cm³/mol. The van der Waals surface area contributed by atoms with Gasteiger partial charge in [-0.3, -0.25) is 0 Å². The van der Waals surface area contributed by atoms with E-state index < -0.39 is 0 Å². The van der Waals surface area contributed by atoms with E-state index >= 15 is 0 Å². The van der Waals surface area contributed by atoms with Gasteiger partial charge in [0.25, 0.3) is 0 Å². The summed E-state index contributed by atoms with van der Waals surface area (Å²) in [5, 5.41) is 2.67. The molecule has 0 spiro atoms. The zero-order valence-electron chi connectivity index (χ0n) is 11.5. The van der Waals surface area contributed by atoms with Crippen LogP contribution in [0.5, 0.6) is 0 Å². The third-order valence-corrected chi connectivity index (χ3v) is 2.15. The van der Waals surface area contributed by atoms with Gasteiger partial charge in [0.15, 0.2) is 0 Å². The Morgan fingerprint density at radius 3 is 1.11 bits per heavy atom. The fourth-order valence-corrected chi connectivity index (χ4v) is 1.48. The first-order chi connectivity index (χ1) is 7.75. The van der Waals surface area contributed by atoms with Crippen LogP contribution in [0, 0.1) is 13.8 Å². The van der Waals surface area contributed by atoms with Gasteiger partial charge >= 0.3 is 0 Å². The van der Waals surface area contributed by atoms with Crippen LogP contribution in [-0.2, 0) is 0 Å². The summed E-state index contributed by atoms with van der Waals surface area (Å²) in [6.45, 7) is 12.2. The summed E-state index contributed by atoms with van der Waals surface area (Å²) in [6.07, 6.45) is 0. The average Bonchev–Trinajstić information content (AvgIpc) is 2.35. The van der Waals surface area contributed by atoms with Crippen LogP contribution >= 0.6 is 0 Å². The van der Waals surface area contributed by atoms with Crippen LogP contribution < -0.4 is 0 Å². The molecular formula is C18H32. The van der Waals surface area contributed by atoms with Gasteiger partial charge in [-0.1, -0.05) is 90.1 Å². The number of hydrogen-bond acceptors (Lipinski definition) is 0. The molecule has 0 heterocycles. The maximum Gasteiger partial charge on any atom is -0.0181 e. The fraction of sp³-hybridized carbons (Fsp3) is 0.444. The molecule has 0 amide bonds. The van der Waals surface area contributed by atoms with Crippen LogP contribution in [0.25, 0.3) is 10.8 Å². The van der Waals surface area contributed by atoms with E-state index in [2.05, 4.69) is 50.2 Å². The summed E-state index contributed by atoms with van der Waals surface area (Å²) in [6, 6.07) is 13.1. The van der Waals surface area contributed by atoms with Gasteiger partial charge < -0.3 is 0 Å². The Kier molecular flexibility index (Phi) is 14.8. The second-order valence-corrected chi connectivity index (χ2v) is 3.35. The third kappa shape index (κ3) is 6.44. The molecule has 0 N–H and O–H groups in total. The molecule has 0 nitrogen and oxygen atoms in total. The molecule has 0 saturated carbocycles. The van der Waals surface area contributed by atoms with Crippen molar-refractivity contribution in [2.45, 2.75) is 56.4 Å². The number of rotatable bonds is 0. The van der Waals surface area contributed by atoms with Gasteiger partial charge in [-0.2, -0.15) is 0 Å². The molecule has 0 unspecified atom stereocenters. The van der Waals surface area contributed by atoms with Gasteiger partial charge in [-0.15, -0.1) is 0 Å². The van der Waals surface area contributed by atoms with Crippen LogP contribution in [-0.4, -0.2) is 0 Å². The van der Waals surface area contributed by atoms with Crippen molar-refractivity contribution in [2.75, 3.05) is 0 Å². The largest absolute Gasteiger partial charge is 0.0776 e. The second-order valence-electron chi connectivity index (χ2n) is 3.35. The van der Waals surface area contributed by atoms with Crippen LogP contribution in [0.1, 0.15) is 53.7 Å². The maximum absolute atomic E-state index is 2.22. The molecule has 0 aliphatic carbocycles. The van der Waals surface area contributed by atoms with E-state index in [-0.39, 0.29) is 14.9 Å². The Hall–Kier alpha value is -1.30. The van der Waals surface area contributed by atoms with Crippen LogP contribution in [0.2, 0.25) is 0 Å². The lowest BCUT2D eigenvalue weighted by atomic mass is 10.1. The Balaban J connectivity index is -0.000000344. The van der Waals surface area contributed by atoms with Gasteiger partial charge in [-0.25, -0.2) is 0 Å². The Labute approximate surface area is 115 Å². The van der Waals surface area contributed by atoms with Gasteiger partial charge in [0.1, 0.15) is 0 Å². The number of hydrogen-bond donors (Lipinski definition) is 0. The van der Waals surface area contributed by atoms with Crippen molar-refractivity contribution in [3.63, 3.8) is 0 Å². The van der Waals surface area contributed by atoms with Crippen molar-refractivity contribution in [2.24, 2.45) is 0 Å². The Bertz CT molecular complexity index is 372. The lowest BCUT2D eigenvalue weighted by molar-refractivity contribution is 1.47. The van der Waals surface area contributed by atoms with E-state index in [1.54, 1.807) is 0 Å². The predicted octanol–water partition coefficient (Wildman–Crippen LogP) is 6.78. The molecule has 0 fully saturated rings. The second kappa shape index (κ2) is 12.2. The maximum atomic E-state index is 2.22. The van der Waals surface area contributed by atoms with Crippen molar-refractivity contribution in [1.82, 2.24) is 0 Å². The number of fused-ring (bicyclic) bond motifs is 1. The third-order valence-electron chi connectivity index (χ3n) is 2.15. The van der Waals surface area contributed by atoms with Gasteiger partial charge in [0.05, 0.1) is 0 Å². The first kappa shape index (κ1) is 21.9. The smallest absolute Gasteiger partial charge is 0.0181 e. The lowest BCUT2D eigenvalue weighted by Crippen LogP contribution is -1.76. The van der Waals surface area contributed by atoms with Gasteiger partial charge in [0.2, 0.25) is 0 Å². The number of benzene rings is 2. The molecular weight excluding hydrogens is 216 g/mol. The van der Waals surface area contributed by atoms with Crippen molar-refractivity contribution >= 4 is 10.8 Å². The summed E-state index contributed by atoms with van der Waals surface area (Å²) < 4.78 is 0. The molecule has 0 heteroatoms. The molecule has 0 aliphatic heterocycles. The zero-order chi connectivity index (χ0) is 12.6. The highest BCUT2D eigenvalue weighted by molar-refractivity contribution is 5.83. The molecule has 2 aromatic rings. The Morgan fingerprint density at radius 2 is 0.833 bits per heavy atom. The normalized spacial score (nSPS) is 7.67. The van der Waals surface area contributed by atoms with Crippen molar-refractivity contribution < 1.29 is 0 Å². The van der Waals surface area contributed by atoms with Crippen LogP contribution in [0.15, 0.2) is 36.4 Å². The minimum atomic E-state index is 0. The molecule has 0 atom stereocenters. The summed E-state index contributed by atoms with van der Waals surface area (Å²) >= 11 is 0. The molecule has 0 saturated heterocycles. The number of aryl methyl sites for hydroxylation is 2. The van der Waals surface area contributed by atoms with E-state index in [0.29, 0.717) is 0 Å². The molecule has 2 aromatic carbocycles. The molecule has 0 bridgehead atoms. The van der Waals surface area contributed by atoms with Crippen LogP contribution in [0.3, 0.4) is 0 Å². The van der Waals surface area contributed by atoms with E-state index in [0.717, 1.165) is 0 Å². The SMILES string of the molecule is C.C.CC.CC.Cc1ccc2cc(C)ccc2c1. The molecule has 104 valence electrons. The van der Waals surface area contributed by atoms with E-state index in [1.165, 1.54) is 21.9 Å². The first-order valence-corrected chi connectivity index (χ1v) is 6.23. The van der Waals surface area contributed by atoms with E-state index in [9.17, 15) is 0 Å². The Morgan fingerprint density at radius 1 is 0.556 bits per heavy atom. The highest BCUT2D eigenvalue weighted by Crippen LogP contribution is 2.16. The minimum Gasteiger partial charge on any atom is -0.0776 e. The highest BCUT2D eigenvalue weighted by atomic mass is 14.0. The van der Waals surface area contributed by atoms with E-state index in [1.807, 2.05) is 27.7 Å². The van der Waals surface area contributed by atoms with Crippen molar-refractivity contribution in [3.05, 3.63) is 47.5 Å².